The van der Waals surface area contributed by atoms with Crippen molar-refractivity contribution in [2.24, 2.45) is 11.7 Å². The van der Waals surface area contributed by atoms with E-state index in [2.05, 4.69) is 15.6 Å². The van der Waals surface area contributed by atoms with Gasteiger partial charge in [-0.25, -0.2) is 9.97 Å². The van der Waals surface area contributed by atoms with E-state index in [-0.39, 0.29) is 23.9 Å². The first kappa shape index (κ1) is 25.3. The lowest BCUT2D eigenvalue weighted by Gasteiger charge is -2.29. The van der Waals surface area contributed by atoms with E-state index in [0.717, 1.165) is 38.5 Å². The lowest BCUT2D eigenvalue weighted by molar-refractivity contribution is -0.122. The highest BCUT2D eigenvalue weighted by Gasteiger charge is 2.30. The van der Waals surface area contributed by atoms with Crippen LogP contribution in [0.4, 0.5) is 17.6 Å². The van der Waals surface area contributed by atoms with Gasteiger partial charge in [0.1, 0.15) is 5.52 Å². The molecule has 0 bridgehead atoms. The fraction of sp³-hybridized carbons (Fsp3) is 0.500. The Morgan fingerprint density at radius 1 is 1.03 bits per heavy atom. The SMILES string of the molecule is NC(=O)C1CCC(n2c(Nc3c(Cl)cc(Cl)cc3Cl)nc3cnc(NC4CCCC[C@H]4O)nc32)CC1. The Balaban J connectivity index is 1.53. The molecule has 36 heavy (non-hydrogen) atoms. The third kappa shape index (κ3) is 5.20. The number of halogens is 3. The van der Waals surface area contributed by atoms with E-state index in [4.69, 9.17) is 50.5 Å². The Labute approximate surface area is 223 Å². The topological polar surface area (TPSA) is 131 Å². The molecule has 5 N–H and O–H groups in total. The first-order chi connectivity index (χ1) is 17.3. The average Bonchev–Trinajstić information content (AvgIpc) is 3.20. The van der Waals surface area contributed by atoms with Gasteiger partial charge in [0, 0.05) is 17.0 Å². The monoisotopic (exact) mass is 551 g/mol. The van der Waals surface area contributed by atoms with Crippen LogP contribution < -0.4 is 16.4 Å². The molecule has 12 heteroatoms. The number of primary amides is 1. The van der Waals surface area contributed by atoms with Gasteiger partial charge >= 0.3 is 0 Å². The van der Waals surface area contributed by atoms with Crippen LogP contribution in [0.1, 0.15) is 57.4 Å². The summed E-state index contributed by atoms with van der Waals surface area (Å²) in [6.07, 6.45) is 7.78. The third-order valence-electron chi connectivity index (χ3n) is 7.18. The molecule has 2 atom stereocenters. The zero-order chi connectivity index (χ0) is 25.4. The molecule has 2 saturated carbocycles. The number of carbonyl (C=O) groups excluding carboxylic acids is 1. The van der Waals surface area contributed by atoms with Gasteiger partial charge in [0.05, 0.1) is 34.1 Å². The lowest BCUT2D eigenvalue weighted by Crippen LogP contribution is -2.36. The number of hydrogen-bond acceptors (Lipinski definition) is 7. The van der Waals surface area contributed by atoms with Crippen LogP contribution in [-0.4, -0.2) is 42.7 Å². The number of aromatic nitrogens is 4. The smallest absolute Gasteiger partial charge is 0.225 e. The van der Waals surface area contributed by atoms with Gasteiger partial charge in [0.2, 0.25) is 17.8 Å². The van der Waals surface area contributed by atoms with Gasteiger partial charge in [-0.15, -0.1) is 0 Å². The van der Waals surface area contributed by atoms with Crippen molar-refractivity contribution in [3.63, 3.8) is 0 Å². The first-order valence-electron chi connectivity index (χ1n) is 12.2. The normalized spacial score (nSPS) is 24.6. The predicted molar refractivity (Wildman–Crippen MR) is 142 cm³/mol. The van der Waals surface area contributed by atoms with Crippen molar-refractivity contribution in [1.82, 2.24) is 19.5 Å². The van der Waals surface area contributed by atoms with Crippen molar-refractivity contribution in [1.29, 1.82) is 0 Å². The summed E-state index contributed by atoms with van der Waals surface area (Å²) in [6, 6.07) is 3.16. The van der Waals surface area contributed by atoms with Crippen LogP contribution in [-0.2, 0) is 4.79 Å². The van der Waals surface area contributed by atoms with Gasteiger partial charge in [0.15, 0.2) is 5.65 Å². The highest BCUT2D eigenvalue weighted by atomic mass is 35.5. The van der Waals surface area contributed by atoms with Crippen LogP contribution in [0.3, 0.4) is 0 Å². The van der Waals surface area contributed by atoms with Gasteiger partial charge in [-0.05, 0) is 50.7 Å². The summed E-state index contributed by atoms with van der Waals surface area (Å²) in [5, 5.41) is 18.1. The van der Waals surface area contributed by atoms with Crippen molar-refractivity contribution in [3.8, 4) is 0 Å². The third-order valence-corrected chi connectivity index (χ3v) is 8.00. The Hall–Kier alpha value is -2.33. The fourth-order valence-electron chi connectivity index (χ4n) is 5.23. The van der Waals surface area contributed by atoms with Crippen molar-refractivity contribution in [3.05, 3.63) is 33.4 Å². The summed E-state index contributed by atoms with van der Waals surface area (Å²) in [6.45, 7) is 0. The fourth-order valence-corrected chi connectivity index (χ4v) is 6.14. The Kier molecular flexibility index (Phi) is 7.44. The molecule has 0 saturated heterocycles. The summed E-state index contributed by atoms with van der Waals surface area (Å²) >= 11 is 19.0. The molecule has 1 amide bonds. The number of nitrogens with zero attached hydrogens (tertiary/aromatic N) is 4. The minimum Gasteiger partial charge on any atom is -0.391 e. The summed E-state index contributed by atoms with van der Waals surface area (Å²) in [5.74, 6) is 0.562. The van der Waals surface area contributed by atoms with E-state index in [1.165, 1.54) is 0 Å². The zero-order valence-corrected chi connectivity index (χ0v) is 21.8. The summed E-state index contributed by atoms with van der Waals surface area (Å²) in [5.41, 5.74) is 7.29. The number of nitrogens with two attached hydrogens (primary N) is 1. The number of anilines is 3. The number of benzene rings is 1. The highest BCUT2D eigenvalue weighted by Crippen LogP contribution is 2.40. The minimum absolute atomic E-state index is 0.0287. The number of aliphatic hydroxyl groups excluding tert-OH is 1. The molecule has 9 nitrogen and oxygen atoms in total. The predicted octanol–water partition coefficient (Wildman–Crippen LogP) is 5.46. The maximum Gasteiger partial charge on any atom is 0.225 e. The van der Waals surface area contributed by atoms with E-state index in [0.29, 0.717) is 56.7 Å². The zero-order valence-electron chi connectivity index (χ0n) is 19.6. The molecule has 0 radical (unpaired) electrons. The molecule has 0 aliphatic heterocycles. The van der Waals surface area contributed by atoms with Gasteiger partial charge in [-0.1, -0.05) is 47.6 Å². The molecule has 2 aliphatic rings. The van der Waals surface area contributed by atoms with Gasteiger partial charge < -0.3 is 21.5 Å². The van der Waals surface area contributed by atoms with Gasteiger partial charge in [0.25, 0.3) is 0 Å². The molecule has 2 heterocycles. The van der Waals surface area contributed by atoms with E-state index >= 15 is 0 Å². The van der Waals surface area contributed by atoms with Crippen molar-refractivity contribution in [2.75, 3.05) is 10.6 Å². The molecule has 1 aromatic carbocycles. The van der Waals surface area contributed by atoms with Crippen LogP contribution in [0.25, 0.3) is 11.2 Å². The van der Waals surface area contributed by atoms with E-state index in [1.54, 1.807) is 18.3 Å². The summed E-state index contributed by atoms with van der Waals surface area (Å²) in [4.78, 5) is 25.7. The number of amides is 1. The second-order valence-electron chi connectivity index (χ2n) is 9.59. The maximum atomic E-state index is 11.7. The van der Waals surface area contributed by atoms with Gasteiger partial charge in [-0.2, -0.15) is 4.98 Å². The van der Waals surface area contributed by atoms with Crippen molar-refractivity contribution in [2.45, 2.75) is 69.6 Å². The summed E-state index contributed by atoms with van der Waals surface area (Å²) in [7, 11) is 0. The molecule has 2 aliphatic carbocycles. The van der Waals surface area contributed by atoms with E-state index in [9.17, 15) is 9.90 Å². The molecule has 2 aromatic heterocycles. The van der Waals surface area contributed by atoms with Crippen LogP contribution in [0, 0.1) is 5.92 Å². The van der Waals surface area contributed by atoms with Gasteiger partial charge in [-0.3, -0.25) is 9.36 Å². The second kappa shape index (κ2) is 10.6. The number of nitrogens with one attached hydrogen (secondary N) is 2. The number of rotatable bonds is 6. The maximum absolute atomic E-state index is 11.7. The lowest BCUT2D eigenvalue weighted by atomic mass is 9.85. The standard InChI is InChI=1S/C24H28Cl3N7O2/c25-13-9-15(26)20(16(27)10-13)32-24-31-18-11-29-23(30-17-3-1-2-4-19(17)35)33-22(18)34(24)14-7-5-12(6-8-14)21(28)36/h9-12,14,17,19,35H,1-8H2,(H2,28,36)(H,31,32)(H,29,30,33)/t12?,14?,17?,19-/m1/s1. The minimum atomic E-state index is -0.432. The second-order valence-corrected chi connectivity index (χ2v) is 10.8. The molecule has 2 fully saturated rings. The Morgan fingerprint density at radius 3 is 2.39 bits per heavy atom. The number of carbonyl (C=O) groups is 1. The van der Waals surface area contributed by atoms with Crippen LogP contribution in [0.2, 0.25) is 15.1 Å². The number of fused-ring (bicyclic) bond motifs is 1. The first-order valence-corrected chi connectivity index (χ1v) is 13.3. The van der Waals surface area contributed by atoms with Crippen molar-refractivity contribution < 1.29 is 9.90 Å². The van der Waals surface area contributed by atoms with Crippen LogP contribution in [0.15, 0.2) is 18.3 Å². The highest BCUT2D eigenvalue weighted by molar-refractivity contribution is 6.41. The van der Waals surface area contributed by atoms with E-state index < -0.39 is 6.10 Å². The number of aliphatic hydroxyl groups is 1. The molecule has 0 spiro atoms. The largest absolute Gasteiger partial charge is 0.391 e. The quantitative estimate of drug-likeness (QED) is 0.319. The molecular weight excluding hydrogens is 525 g/mol. The van der Waals surface area contributed by atoms with E-state index in [1.807, 2.05) is 4.57 Å². The molecule has 5 rings (SSSR count). The molecule has 192 valence electrons. The molecular formula is C24H28Cl3N7O2. The Morgan fingerprint density at radius 2 is 1.72 bits per heavy atom. The van der Waals surface area contributed by atoms with Crippen LogP contribution in [0.5, 0.6) is 0 Å². The number of hydrogen-bond donors (Lipinski definition) is 4. The van der Waals surface area contributed by atoms with Crippen molar-refractivity contribution >= 4 is 69.5 Å². The van der Waals surface area contributed by atoms with Crippen LogP contribution >= 0.6 is 34.8 Å². The molecule has 1 unspecified atom stereocenters. The number of imidazole rings is 1. The Bertz CT molecular complexity index is 1250. The molecule has 3 aromatic rings. The summed E-state index contributed by atoms with van der Waals surface area (Å²) < 4.78 is 2.03. The average molecular weight is 553 g/mol.